The van der Waals surface area contributed by atoms with Crippen LogP contribution in [0.1, 0.15) is 45.2 Å². The molecule has 0 aliphatic heterocycles. The number of phenols is 2. The van der Waals surface area contributed by atoms with Crippen LogP contribution < -0.4 is 0 Å². The molecule has 1 aliphatic carbocycles. The van der Waals surface area contributed by atoms with E-state index < -0.39 is 5.41 Å². The van der Waals surface area contributed by atoms with Crippen LogP contribution in [0.4, 0.5) is 0 Å². The first-order valence-electron chi connectivity index (χ1n) is 9.66. The maximum Gasteiger partial charge on any atom is 0.152 e. The number of phenolic OH excluding ortho intramolecular Hbond substituents is 2. The van der Waals surface area contributed by atoms with E-state index in [1.165, 1.54) is 5.57 Å². The van der Waals surface area contributed by atoms with Gasteiger partial charge in [0.15, 0.2) is 11.5 Å². The van der Waals surface area contributed by atoms with Gasteiger partial charge in [0, 0.05) is 10.8 Å². The van der Waals surface area contributed by atoms with Crippen molar-refractivity contribution in [3.8, 4) is 11.5 Å². The minimum absolute atomic E-state index is 0.106. The summed E-state index contributed by atoms with van der Waals surface area (Å²) in [5.74, 6) is 0.0162. The molecule has 0 fully saturated rings. The van der Waals surface area contributed by atoms with Gasteiger partial charge in [0.1, 0.15) is 0 Å². The van der Waals surface area contributed by atoms with Crippen LogP contribution in [-0.2, 0) is 10.8 Å². The zero-order chi connectivity index (χ0) is 22.4. The fourth-order valence-electron chi connectivity index (χ4n) is 4.07. The molecule has 2 nitrogen and oxygen atoms in total. The summed E-state index contributed by atoms with van der Waals surface area (Å²) in [5.41, 5.74) is 2.29. The fourth-order valence-corrected chi connectivity index (χ4v) is 5.05. The van der Waals surface area contributed by atoms with Crippen molar-refractivity contribution in [2.24, 2.45) is 5.92 Å². The predicted octanol–water partition coefficient (Wildman–Crippen LogP) is 8.47. The summed E-state index contributed by atoms with van der Waals surface area (Å²) in [7, 11) is 0. The molecule has 0 aromatic heterocycles. The van der Waals surface area contributed by atoms with Crippen LogP contribution in [0.25, 0.3) is 0 Å². The first-order chi connectivity index (χ1) is 13.9. The van der Waals surface area contributed by atoms with Gasteiger partial charge in [0.05, 0.1) is 20.1 Å². The van der Waals surface area contributed by atoms with Crippen molar-refractivity contribution in [1.82, 2.24) is 0 Å². The van der Waals surface area contributed by atoms with E-state index >= 15 is 0 Å². The molecule has 1 unspecified atom stereocenters. The molecule has 0 bridgehead atoms. The van der Waals surface area contributed by atoms with Gasteiger partial charge in [-0.3, -0.25) is 0 Å². The summed E-state index contributed by atoms with van der Waals surface area (Å²) >= 11 is 24.9. The smallest absolute Gasteiger partial charge is 0.152 e. The van der Waals surface area contributed by atoms with Gasteiger partial charge in [-0.15, -0.1) is 0 Å². The highest BCUT2D eigenvalue weighted by atomic mass is 35.5. The maximum absolute atomic E-state index is 10.0. The van der Waals surface area contributed by atoms with Gasteiger partial charge >= 0.3 is 0 Å². The summed E-state index contributed by atoms with van der Waals surface area (Å²) < 4.78 is 0. The van der Waals surface area contributed by atoms with Crippen molar-refractivity contribution in [2.75, 3.05) is 0 Å². The number of halogens is 4. The van der Waals surface area contributed by atoms with Gasteiger partial charge in [-0.05, 0) is 47.7 Å². The average molecular weight is 486 g/mol. The van der Waals surface area contributed by atoms with Crippen LogP contribution in [0.15, 0.2) is 48.1 Å². The minimum Gasteiger partial charge on any atom is -0.505 e. The Hall–Kier alpha value is -1.32. The third-order valence-corrected chi connectivity index (χ3v) is 7.45. The van der Waals surface area contributed by atoms with Crippen LogP contribution >= 0.6 is 46.4 Å². The van der Waals surface area contributed by atoms with Gasteiger partial charge in [-0.25, -0.2) is 0 Å². The van der Waals surface area contributed by atoms with Gasteiger partial charge in [-0.1, -0.05) is 97.9 Å². The Morgan fingerprint density at radius 2 is 1.33 bits per heavy atom. The van der Waals surface area contributed by atoms with E-state index in [-0.39, 0.29) is 42.9 Å². The molecule has 1 aliphatic rings. The first kappa shape index (κ1) is 23.3. The summed E-state index contributed by atoms with van der Waals surface area (Å²) in [6.07, 6.45) is 7.06. The van der Waals surface area contributed by atoms with Crippen molar-refractivity contribution < 1.29 is 10.2 Å². The minimum atomic E-state index is -0.392. The Morgan fingerprint density at radius 1 is 0.867 bits per heavy atom. The molecule has 2 N–H and O–H groups in total. The van der Waals surface area contributed by atoms with Crippen molar-refractivity contribution >= 4 is 46.4 Å². The standard InChI is InChI=1S/C24H24Cl4O2/c1-13(2)24(16-10-19(27)22(30)20(28)11-16)7-5-6-14(12-24)23(3,4)15-8-17(25)21(29)18(26)9-15/h5-11,13,29-30H,12H2,1-4H3. The highest BCUT2D eigenvalue weighted by Gasteiger charge is 2.40. The molecule has 0 spiro atoms. The van der Waals surface area contributed by atoms with Crippen molar-refractivity contribution in [2.45, 2.75) is 44.9 Å². The highest BCUT2D eigenvalue weighted by molar-refractivity contribution is 6.37. The largest absolute Gasteiger partial charge is 0.505 e. The number of benzene rings is 2. The molecular weight excluding hydrogens is 462 g/mol. The third kappa shape index (κ3) is 3.96. The fraction of sp³-hybridized carbons (Fsp3) is 0.333. The summed E-state index contributed by atoms with van der Waals surface area (Å²) in [4.78, 5) is 0. The molecule has 1 atom stereocenters. The molecule has 160 valence electrons. The van der Waals surface area contributed by atoms with E-state index in [4.69, 9.17) is 46.4 Å². The van der Waals surface area contributed by atoms with E-state index in [0.717, 1.165) is 17.5 Å². The maximum atomic E-state index is 10.0. The Kier molecular flexibility index (Phi) is 6.47. The van der Waals surface area contributed by atoms with E-state index in [0.29, 0.717) is 0 Å². The lowest BCUT2D eigenvalue weighted by atomic mass is 9.61. The summed E-state index contributed by atoms with van der Waals surface area (Å²) in [5, 5.41) is 20.9. The molecule has 2 aromatic rings. The number of hydrogen-bond acceptors (Lipinski definition) is 2. The van der Waals surface area contributed by atoms with Gasteiger partial charge in [0.25, 0.3) is 0 Å². The molecule has 0 amide bonds. The Labute approximate surface area is 197 Å². The average Bonchev–Trinajstić information content (AvgIpc) is 2.69. The molecule has 0 heterocycles. The van der Waals surface area contributed by atoms with E-state index in [1.807, 2.05) is 0 Å². The van der Waals surface area contributed by atoms with Crippen LogP contribution in [0.5, 0.6) is 11.5 Å². The predicted molar refractivity (Wildman–Crippen MR) is 128 cm³/mol. The van der Waals surface area contributed by atoms with E-state index in [1.54, 1.807) is 24.3 Å². The monoisotopic (exact) mass is 484 g/mol. The van der Waals surface area contributed by atoms with Gasteiger partial charge in [0.2, 0.25) is 0 Å². The molecule has 2 aromatic carbocycles. The molecule has 0 radical (unpaired) electrons. The lowest BCUT2D eigenvalue weighted by Crippen LogP contribution is -2.36. The Morgan fingerprint density at radius 3 is 1.80 bits per heavy atom. The second kappa shape index (κ2) is 8.31. The van der Waals surface area contributed by atoms with E-state index in [9.17, 15) is 10.2 Å². The second-order valence-electron chi connectivity index (χ2n) is 8.62. The van der Waals surface area contributed by atoms with Crippen molar-refractivity contribution in [3.05, 3.63) is 79.3 Å². The van der Waals surface area contributed by atoms with Crippen LogP contribution in [0.3, 0.4) is 0 Å². The van der Waals surface area contributed by atoms with Crippen LogP contribution in [0, 0.1) is 5.92 Å². The molecule has 3 rings (SSSR count). The highest BCUT2D eigenvalue weighted by Crippen LogP contribution is 2.50. The van der Waals surface area contributed by atoms with Crippen molar-refractivity contribution in [1.29, 1.82) is 0 Å². The Balaban J connectivity index is 2.10. The number of hydrogen-bond donors (Lipinski definition) is 2. The van der Waals surface area contributed by atoms with Gasteiger partial charge < -0.3 is 10.2 Å². The zero-order valence-corrected chi connectivity index (χ0v) is 20.3. The third-order valence-electron chi connectivity index (χ3n) is 6.30. The number of allylic oxidation sites excluding steroid dienone is 4. The normalized spacial score (nSPS) is 19.3. The topological polar surface area (TPSA) is 40.5 Å². The summed E-state index contributed by atoms with van der Waals surface area (Å²) in [6, 6.07) is 7.09. The Bertz CT molecular complexity index is 1010. The summed E-state index contributed by atoms with van der Waals surface area (Å²) in [6.45, 7) is 8.53. The van der Waals surface area contributed by atoms with Crippen molar-refractivity contribution in [3.63, 3.8) is 0 Å². The molecule has 0 saturated carbocycles. The van der Waals surface area contributed by atoms with E-state index in [2.05, 4.69) is 45.9 Å². The SMILES string of the molecule is CC(C)C1(c2cc(Cl)c(O)c(Cl)c2)C=CC=C(C(C)(C)c2cc(Cl)c(O)c(Cl)c2)C1. The van der Waals surface area contributed by atoms with Gasteiger partial charge in [-0.2, -0.15) is 0 Å². The molecular formula is C24H24Cl4O2. The van der Waals surface area contributed by atoms with Crippen LogP contribution in [0.2, 0.25) is 20.1 Å². The quantitative estimate of drug-likeness (QED) is 0.455. The lowest BCUT2D eigenvalue weighted by molar-refractivity contribution is 0.358. The number of aromatic hydroxyl groups is 2. The van der Waals surface area contributed by atoms with Crippen LogP contribution in [-0.4, -0.2) is 10.2 Å². The number of rotatable bonds is 4. The molecule has 6 heteroatoms. The molecule has 0 saturated heterocycles. The second-order valence-corrected chi connectivity index (χ2v) is 10.3. The lowest BCUT2D eigenvalue weighted by Gasteiger charge is -2.42. The first-order valence-corrected chi connectivity index (χ1v) is 11.2. The molecule has 30 heavy (non-hydrogen) atoms. The zero-order valence-electron chi connectivity index (χ0n) is 17.2.